The van der Waals surface area contributed by atoms with Gasteiger partial charge in [-0.1, -0.05) is 0 Å². The molecule has 1 fully saturated rings. The number of nitrogens with zero attached hydrogens (tertiary/aromatic N) is 1. The topological polar surface area (TPSA) is 57.3 Å². The smallest absolute Gasteiger partial charge is 0.198 e. The van der Waals surface area contributed by atoms with Crippen LogP contribution in [-0.4, -0.2) is 36.6 Å². The van der Waals surface area contributed by atoms with Gasteiger partial charge in [-0.2, -0.15) is 0 Å². The zero-order valence-corrected chi connectivity index (χ0v) is 12.1. The fraction of sp³-hybridized carbons (Fsp3) is 1.00. The van der Waals surface area contributed by atoms with Gasteiger partial charge < -0.3 is 0 Å². The molecule has 6 heteroatoms. The third-order valence-electron chi connectivity index (χ3n) is 3.30. The molecule has 1 aliphatic rings. The van der Waals surface area contributed by atoms with E-state index >= 15 is 0 Å². The lowest BCUT2D eigenvalue weighted by molar-refractivity contribution is -0.247. The van der Waals surface area contributed by atoms with Crippen LogP contribution in [0.3, 0.4) is 0 Å². The van der Waals surface area contributed by atoms with Gasteiger partial charge in [0.2, 0.25) is 0 Å². The molecule has 0 amide bonds. The van der Waals surface area contributed by atoms with Crippen LogP contribution in [0.2, 0.25) is 0 Å². The van der Waals surface area contributed by atoms with Gasteiger partial charge in [-0.05, 0) is 50.8 Å². The first kappa shape index (κ1) is 14.3. The average molecular weight is 266 g/mol. The molecule has 0 aromatic rings. The molecular weight excluding hydrogens is 246 g/mol. The highest BCUT2D eigenvalue weighted by molar-refractivity contribution is 8.71. The molecule has 4 nitrogen and oxygen atoms in total. The van der Waals surface area contributed by atoms with Crippen molar-refractivity contribution in [1.29, 1.82) is 0 Å². The summed E-state index contributed by atoms with van der Waals surface area (Å²) in [7, 11) is -2.08. The molecule has 0 spiro atoms. The van der Waals surface area contributed by atoms with Crippen molar-refractivity contribution in [3.8, 4) is 0 Å². The third-order valence-corrected chi connectivity index (χ3v) is 5.96. The zero-order chi connectivity index (χ0) is 12.8. The molecule has 1 aliphatic heterocycles. The molecule has 0 bridgehead atoms. The van der Waals surface area contributed by atoms with Crippen molar-refractivity contribution >= 4 is 19.7 Å². The van der Waals surface area contributed by atoms with Crippen molar-refractivity contribution in [2.24, 2.45) is 5.92 Å². The van der Waals surface area contributed by atoms with Gasteiger partial charge in [0.25, 0.3) is 0 Å². The van der Waals surface area contributed by atoms with E-state index in [0.29, 0.717) is 5.75 Å². The normalized spacial score (nSPS) is 29.5. The van der Waals surface area contributed by atoms with Gasteiger partial charge in [0.05, 0.1) is 0 Å². The predicted molar refractivity (Wildman–Crippen MR) is 66.1 cm³/mol. The summed E-state index contributed by atoms with van der Waals surface area (Å²) in [6.07, 6.45) is 1.95. The van der Waals surface area contributed by atoms with Crippen LogP contribution in [0.25, 0.3) is 0 Å². The summed E-state index contributed by atoms with van der Waals surface area (Å²) >= 11 is 0. The van der Waals surface area contributed by atoms with E-state index in [1.165, 1.54) is 6.26 Å². The summed E-state index contributed by atoms with van der Waals surface area (Å²) in [4.78, 5) is 0. The van der Waals surface area contributed by atoms with Gasteiger partial charge in [0, 0.05) is 23.1 Å². The first-order valence-corrected chi connectivity index (χ1v) is 8.68. The first-order valence-electron chi connectivity index (χ1n) is 5.29. The van der Waals surface area contributed by atoms with E-state index in [0.717, 1.165) is 22.3 Å². The van der Waals surface area contributed by atoms with Crippen molar-refractivity contribution < 1.29 is 13.6 Å². The molecule has 0 N–H and O–H groups in total. The van der Waals surface area contributed by atoms with Crippen molar-refractivity contribution in [3.63, 3.8) is 0 Å². The monoisotopic (exact) mass is 266 g/mol. The van der Waals surface area contributed by atoms with E-state index in [2.05, 4.69) is 0 Å². The standard InChI is InChI=1S/C10H20NO3S2/c1-9(2)6-8(7-15-16(5,13)14)10(3,4)11(9)12/h8H,6-7H2,1-5H3. The molecule has 1 rings (SSSR count). The van der Waals surface area contributed by atoms with Gasteiger partial charge >= 0.3 is 0 Å². The second kappa shape index (κ2) is 4.15. The van der Waals surface area contributed by atoms with Crippen LogP contribution < -0.4 is 0 Å². The summed E-state index contributed by atoms with van der Waals surface area (Å²) in [6.45, 7) is 7.60. The van der Waals surface area contributed by atoms with Crippen LogP contribution in [0.15, 0.2) is 0 Å². The quantitative estimate of drug-likeness (QED) is 0.732. The van der Waals surface area contributed by atoms with Gasteiger partial charge in [-0.15, -0.1) is 10.3 Å². The van der Waals surface area contributed by atoms with E-state index in [4.69, 9.17) is 0 Å². The highest BCUT2D eigenvalue weighted by Gasteiger charge is 2.52. The fourth-order valence-corrected chi connectivity index (χ4v) is 4.52. The lowest BCUT2D eigenvalue weighted by atomic mass is 9.89. The van der Waals surface area contributed by atoms with Gasteiger partial charge in [0.1, 0.15) is 0 Å². The molecule has 1 saturated heterocycles. The maximum atomic E-state index is 12.0. The second-order valence-electron chi connectivity index (χ2n) is 5.65. The van der Waals surface area contributed by atoms with Crippen molar-refractivity contribution in [1.82, 2.24) is 5.06 Å². The molecule has 16 heavy (non-hydrogen) atoms. The predicted octanol–water partition coefficient (Wildman–Crippen LogP) is 1.90. The summed E-state index contributed by atoms with van der Waals surface area (Å²) in [5, 5.41) is 13.2. The van der Waals surface area contributed by atoms with Crippen molar-refractivity contribution in [2.75, 3.05) is 12.0 Å². The summed E-state index contributed by atoms with van der Waals surface area (Å²) in [6, 6.07) is 0. The first-order chi connectivity index (χ1) is 6.97. The largest absolute Gasteiger partial charge is 0.218 e. The minimum atomic E-state index is -3.02. The molecule has 0 aliphatic carbocycles. The number of rotatable bonds is 3. The van der Waals surface area contributed by atoms with E-state index in [9.17, 15) is 13.6 Å². The highest BCUT2D eigenvalue weighted by atomic mass is 33.1. The van der Waals surface area contributed by atoms with Crippen molar-refractivity contribution in [2.45, 2.75) is 45.2 Å². The van der Waals surface area contributed by atoms with Gasteiger partial charge in [-0.25, -0.2) is 8.42 Å². The minimum absolute atomic E-state index is 0.111. The van der Waals surface area contributed by atoms with Crippen LogP contribution in [0.4, 0.5) is 0 Å². The maximum Gasteiger partial charge on any atom is 0.198 e. The van der Waals surface area contributed by atoms with Crippen molar-refractivity contribution in [3.05, 3.63) is 0 Å². The van der Waals surface area contributed by atoms with E-state index in [1.54, 1.807) is 0 Å². The highest BCUT2D eigenvalue weighted by Crippen LogP contribution is 2.45. The summed E-state index contributed by atoms with van der Waals surface area (Å²) < 4.78 is 22.2. The van der Waals surface area contributed by atoms with E-state index in [1.807, 2.05) is 27.7 Å². The van der Waals surface area contributed by atoms with Crippen LogP contribution >= 0.6 is 10.8 Å². The average Bonchev–Trinajstić information content (AvgIpc) is 2.22. The second-order valence-corrected chi connectivity index (χ2v) is 10.2. The van der Waals surface area contributed by atoms with Crippen LogP contribution in [0.5, 0.6) is 0 Å². The molecule has 1 heterocycles. The summed E-state index contributed by atoms with van der Waals surface area (Å²) in [5.74, 6) is 0.605. The van der Waals surface area contributed by atoms with Crippen LogP contribution in [0.1, 0.15) is 34.1 Å². The van der Waals surface area contributed by atoms with E-state index in [-0.39, 0.29) is 5.92 Å². The molecule has 0 aromatic heterocycles. The maximum absolute atomic E-state index is 12.0. The Morgan fingerprint density at radius 1 is 1.31 bits per heavy atom. The molecule has 1 radical (unpaired) electrons. The Hall–Kier alpha value is 0.220. The molecule has 0 aromatic carbocycles. The Labute approximate surface area is 102 Å². The Kier molecular flexibility index (Phi) is 3.71. The van der Waals surface area contributed by atoms with Crippen LogP contribution in [0, 0.1) is 5.92 Å². The number of hydrogen-bond donors (Lipinski definition) is 0. The molecule has 95 valence electrons. The van der Waals surface area contributed by atoms with Gasteiger partial charge in [0.15, 0.2) is 8.87 Å². The fourth-order valence-electron chi connectivity index (χ4n) is 2.35. The minimum Gasteiger partial charge on any atom is -0.218 e. The lowest BCUT2D eigenvalue weighted by Gasteiger charge is -2.33. The number of hydrogen-bond acceptors (Lipinski definition) is 4. The Morgan fingerprint density at radius 3 is 2.12 bits per heavy atom. The molecular formula is C10H20NO3S2. The molecule has 1 atom stereocenters. The van der Waals surface area contributed by atoms with E-state index < -0.39 is 19.9 Å². The number of hydroxylamine groups is 2. The molecule has 1 unspecified atom stereocenters. The third kappa shape index (κ3) is 2.91. The van der Waals surface area contributed by atoms with Crippen LogP contribution in [-0.2, 0) is 14.1 Å². The molecule has 0 saturated carbocycles. The Bertz CT molecular complexity index is 362. The SMILES string of the molecule is CC1(C)CC(CSS(C)(=O)=O)C(C)(C)N1[O]. The lowest BCUT2D eigenvalue weighted by Crippen LogP contribution is -2.46. The zero-order valence-electron chi connectivity index (χ0n) is 10.5. The van der Waals surface area contributed by atoms with Gasteiger partial charge in [-0.3, -0.25) is 0 Å². The summed E-state index contributed by atoms with van der Waals surface area (Å²) in [5.41, 5.74) is -0.882. The Balaban J connectivity index is 2.77. The Morgan fingerprint density at radius 2 is 1.81 bits per heavy atom.